The Bertz CT molecular complexity index is 315. The normalized spacial score (nSPS) is 12.9. The second-order valence-corrected chi connectivity index (χ2v) is 5.03. The first kappa shape index (κ1) is 12.5. The zero-order valence-electron chi connectivity index (χ0n) is 9.71. The lowest BCUT2D eigenvalue weighted by Crippen LogP contribution is -2.09. The lowest BCUT2D eigenvalue weighted by Gasteiger charge is -2.08. The van der Waals surface area contributed by atoms with Crippen molar-refractivity contribution in [1.82, 2.24) is 4.37 Å². The Morgan fingerprint density at radius 2 is 2.20 bits per heavy atom. The van der Waals surface area contributed by atoms with Gasteiger partial charge in [0.15, 0.2) is 0 Å². The van der Waals surface area contributed by atoms with Crippen LogP contribution in [0.15, 0.2) is 10.2 Å². The van der Waals surface area contributed by atoms with E-state index in [1.165, 1.54) is 43.6 Å². The van der Waals surface area contributed by atoms with Crippen LogP contribution in [-0.2, 0) is 6.42 Å². The van der Waals surface area contributed by atoms with E-state index in [-0.39, 0.29) is 5.56 Å². The van der Waals surface area contributed by atoms with E-state index in [1.807, 2.05) is 5.38 Å². The Kier molecular flexibility index (Phi) is 5.69. The average Bonchev–Trinajstić information content (AvgIpc) is 2.59. The molecule has 0 aliphatic heterocycles. The Labute approximate surface area is 95.9 Å². The molecule has 0 fully saturated rings. The highest BCUT2D eigenvalue weighted by atomic mass is 32.1. The minimum Gasteiger partial charge on any atom is -0.278 e. The van der Waals surface area contributed by atoms with Crippen molar-refractivity contribution in [3.63, 3.8) is 0 Å². The van der Waals surface area contributed by atoms with Crippen molar-refractivity contribution in [3.05, 3.63) is 21.3 Å². The molecule has 0 aromatic carbocycles. The number of aromatic nitrogens is 1. The minimum atomic E-state index is 0.111. The van der Waals surface area contributed by atoms with Gasteiger partial charge in [-0.25, -0.2) is 0 Å². The maximum absolute atomic E-state index is 11.3. The monoisotopic (exact) mass is 227 g/mol. The van der Waals surface area contributed by atoms with Crippen molar-refractivity contribution in [2.45, 2.75) is 52.4 Å². The number of H-pyrrole nitrogens is 1. The van der Waals surface area contributed by atoms with E-state index in [1.54, 1.807) is 0 Å². The third kappa shape index (κ3) is 4.65. The quantitative estimate of drug-likeness (QED) is 0.709. The van der Waals surface area contributed by atoms with Gasteiger partial charge in [0.25, 0.3) is 5.56 Å². The molecule has 1 rings (SSSR count). The van der Waals surface area contributed by atoms with Gasteiger partial charge in [0, 0.05) is 10.9 Å². The van der Waals surface area contributed by atoms with Gasteiger partial charge in [-0.1, -0.05) is 57.5 Å². The van der Waals surface area contributed by atoms with E-state index in [0.29, 0.717) is 5.92 Å². The van der Waals surface area contributed by atoms with Crippen molar-refractivity contribution < 1.29 is 0 Å². The molecule has 86 valence electrons. The van der Waals surface area contributed by atoms with E-state index < -0.39 is 0 Å². The lowest BCUT2D eigenvalue weighted by molar-refractivity contribution is 0.486. The molecule has 0 saturated heterocycles. The molecule has 0 radical (unpaired) electrons. The Morgan fingerprint density at radius 1 is 1.40 bits per heavy atom. The molecule has 1 N–H and O–H groups in total. The first-order chi connectivity index (χ1) is 7.24. The fourth-order valence-corrected chi connectivity index (χ4v) is 2.45. The summed E-state index contributed by atoms with van der Waals surface area (Å²) in [5.41, 5.74) is 1.07. The SMILES string of the molecule is CCCCCCC(C)Cc1cs[nH]c1=O. The fourth-order valence-electron chi connectivity index (χ4n) is 1.81. The highest BCUT2D eigenvalue weighted by Gasteiger charge is 2.07. The molecular weight excluding hydrogens is 206 g/mol. The summed E-state index contributed by atoms with van der Waals surface area (Å²) < 4.78 is 2.74. The first-order valence-corrected chi connectivity index (χ1v) is 6.77. The van der Waals surface area contributed by atoms with Gasteiger partial charge < -0.3 is 0 Å². The molecule has 0 spiro atoms. The predicted molar refractivity (Wildman–Crippen MR) is 66.6 cm³/mol. The molecule has 2 nitrogen and oxygen atoms in total. The molecule has 1 aromatic heterocycles. The van der Waals surface area contributed by atoms with E-state index in [4.69, 9.17) is 0 Å². The molecular formula is C12H21NOS. The van der Waals surface area contributed by atoms with Crippen molar-refractivity contribution in [3.8, 4) is 0 Å². The van der Waals surface area contributed by atoms with Gasteiger partial charge in [-0.2, -0.15) is 0 Å². The molecule has 0 bridgehead atoms. The molecule has 1 heterocycles. The predicted octanol–water partition coefficient (Wildman–Crippen LogP) is 3.59. The van der Waals surface area contributed by atoms with Crippen LogP contribution in [0.2, 0.25) is 0 Å². The highest BCUT2D eigenvalue weighted by molar-refractivity contribution is 7.03. The van der Waals surface area contributed by atoms with Gasteiger partial charge in [0.2, 0.25) is 0 Å². The topological polar surface area (TPSA) is 32.9 Å². The zero-order valence-corrected chi connectivity index (χ0v) is 10.5. The van der Waals surface area contributed by atoms with E-state index in [0.717, 1.165) is 12.0 Å². The summed E-state index contributed by atoms with van der Waals surface area (Å²) in [7, 11) is 0. The zero-order chi connectivity index (χ0) is 11.1. The summed E-state index contributed by atoms with van der Waals surface area (Å²) in [5.74, 6) is 0.637. The summed E-state index contributed by atoms with van der Waals surface area (Å²) in [5, 5.41) is 1.95. The molecule has 0 aliphatic rings. The summed E-state index contributed by atoms with van der Waals surface area (Å²) in [6.45, 7) is 4.47. The van der Waals surface area contributed by atoms with E-state index >= 15 is 0 Å². The summed E-state index contributed by atoms with van der Waals surface area (Å²) >= 11 is 1.40. The molecule has 3 heteroatoms. The number of unbranched alkanes of at least 4 members (excludes halogenated alkanes) is 3. The maximum atomic E-state index is 11.3. The number of hydrogen-bond acceptors (Lipinski definition) is 2. The third-order valence-corrected chi connectivity index (χ3v) is 3.47. The van der Waals surface area contributed by atoms with Gasteiger partial charge in [0.1, 0.15) is 0 Å². The number of hydrogen-bond donors (Lipinski definition) is 1. The average molecular weight is 227 g/mol. The highest BCUT2D eigenvalue weighted by Crippen LogP contribution is 2.14. The number of nitrogens with one attached hydrogen (secondary N) is 1. The molecule has 0 aliphatic carbocycles. The second-order valence-electron chi connectivity index (χ2n) is 4.35. The second kappa shape index (κ2) is 6.83. The molecule has 15 heavy (non-hydrogen) atoms. The molecule has 1 atom stereocenters. The van der Waals surface area contributed by atoms with Crippen LogP contribution in [-0.4, -0.2) is 4.37 Å². The van der Waals surface area contributed by atoms with Crippen molar-refractivity contribution in [2.24, 2.45) is 5.92 Å². The van der Waals surface area contributed by atoms with Crippen molar-refractivity contribution in [2.75, 3.05) is 0 Å². The largest absolute Gasteiger partial charge is 0.278 e. The molecule has 0 amide bonds. The maximum Gasteiger partial charge on any atom is 0.261 e. The number of aromatic amines is 1. The molecule has 1 aromatic rings. The summed E-state index contributed by atoms with van der Waals surface area (Å²) in [6.07, 6.45) is 7.45. The van der Waals surface area contributed by atoms with Crippen LogP contribution in [0.4, 0.5) is 0 Å². The molecule has 1 unspecified atom stereocenters. The van der Waals surface area contributed by atoms with Crippen LogP contribution in [0.3, 0.4) is 0 Å². The van der Waals surface area contributed by atoms with Gasteiger partial charge in [0.05, 0.1) is 0 Å². The van der Waals surface area contributed by atoms with Gasteiger partial charge in [-0.15, -0.1) is 0 Å². The van der Waals surface area contributed by atoms with Crippen LogP contribution >= 0.6 is 11.5 Å². The minimum absolute atomic E-state index is 0.111. The third-order valence-electron chi connectivity index (χ3n) is 2.76. The van der Waals surface area contributed by atoms with Crippen LogP contribution in [0.1, 0.15) is 51.5 Å². The Balaban J connectivity index is 2.21. The lowest BCUT2D eigenvalue weighted by atomic mass is 9.97. The Morgan fingerprint density at radius 3 is 2.80 bits per heavy atom. The van der Waals surface area contributed by atoms with Crippen LogP contribution in [0.5, 0.6) is 0 Å². The number of rotatable bonds is 7. The summed E-state index contributed by atoms with van der Waals surface area (Å²) in [4.78, 5) is 11.3. The van der Waals surface area contributed by atoms with E-state index in [2.05, 4.69) is 18.2 Å². The van der Waals surface area contributed by atoms with Crippen LogP contribution < -0.4 is 5.56 Å². The Hall–Kier alpha value is -0.570. The van der Waals surface area contributed by atoms with Gasteiger partial charge >= 0.3 is 0 Å². The van der Waals surface area contributed by atoms with E-state index in [9.17, 15) is 4.79 Å². The first-order valence-electron chi connectivity index (χ1n) is 5.89. The standard InChI is InChI=1S/C12H21NOS/c1-3-4-5-6-7-10(2)8-11-9-15-13-12(11)14/h9-10H,3-8H2,1-2H3,(H,13,14). The molecule has 0 saturated carbocycles. The van der Waals surface area contributed by atoms with Gasteiger partial charge in [-0.3, -0.25) is 9.17 Å². The van der Waals surface area contributed by atoms with Gasteiger partial charge in [-0.05, 0) is 12.3 Å². The summed E-state index contributed by atoms with van der Waals surface area (Å²) in [6, 6.07) is 0. The van der Waals surface area contributed by atoms with Crippen molar-refractivity contribution in [1.29, 1.82) is 0 Å². The smallest absolute Gasteiger partial charge is 0.261 e. The fraction of sp³-hybridized carbons (Fsp3) is 0.750. The van der Waals surface area contributed by atoms with Crippen LogP contribution in [0, 0.1) is 5.92 Å². The van der Waals surface area contributed by atoms with Crippen LogP contribution in [0.25, 0.3) is 0 Å². The van der Waals surface area contributed by atoms with Crippen molar-refractivity contribution >= 4 is 11.5 Å².